The van der Waals surface area contributed by atoms with Gasteiger partial charge in [0.1, 0.15) is 17.1 Å². The number of rotatable bonds is 3. The Morgan fingerprint density at radius 2 is 2.43 bits per heavy atom. The van der Waals surface area contributed by atoms with Crippen LogP contribution in [0.25, 0.3) is 6.08 Å². The normalized spacial score (nSPS) is 10.8. The number of aryl methyl sites for hydroxylation is 1. The van der Waals surface area contributed by atoms with Gasteiger partial charge in [0, 0.05) is 6.54 Å². The SMILES string of the molecule is COC(=O)c1cc(/C=C/CN)oc1C. The van der Waals surface area contributed by atoms with E-state index in [-0.39, 0.29) is 0 Å². The summed E-state index contributed by atoms with van der Waals surface area (Å²) in [5.41, 5.74) is 5.74. The second-order valence-electron chi connectivity index (χ2n) is 2.75. The molecule has 0 aliphatic heterocycles. The average Bonchev–Trinajstić information content (AvgIpc) is 2.55. The molecule has 0 aromatic carbocycles. The fourth-order valence-electron chi connectivity index (χ4n) is 1.08. The number of carbonyl (C=O) groups excluding carboxylic acids is 1. The van der Waals surface area contributed by atoms with Crippen LogP contribution in [0.1, 0.15) is 21.9 Å². The van der Waals surface area contributed by atoms with Crippen LogP contribution in [0.4, 0.5) is 0 Å². The lowest BCUT2D eigenvalue weighted by Gasteiger charge is -1.93. The first-order valence-corrected chi connectivity index (χ1v) is 4.24. The van der Waals surface area contributed by atoms with Gasteiger partial charge >= 0.3 is 5.97 Å². The van der Waals surface area contributed by atoms with Crippen molar-refractivity contribution in [2.75, 3.05) is 13.7 Å². The fraction of sp³-hybridized carbons (Fsp3) is 0.300. The van der Waals surface area contributed by atoms with E-state index in [4.69, 9.17) is 10.2 Å². The van der Waals surface area contributed by atoms with Gasteiger partial charge in [-0.15, -0.1) is 0 Å². The lowest BCUT2D eigenvalue weighted by Crippen LogP contribution is -2.00. The van der Waals surface area contributed by atoms with Crippen molar-refractivity contribution in [2.45, 2.75) is 6.92 Å². The summed E-state index contributed by atoms with van der Waals surface area (Å²) in [6.07, 6.45) is 3.47. The Bertz CT molecular complexity index is 352. The Morgan fingerprint density at radius 3 is 3.00 bits per heavy atom. The third-order valence-corrected chi connectivity index (χ3v) is 1.76. The first-order valence-electron chi connectivity index (χ1n) is 4.24. The van der Waals surface area contributed by atoms with Crippen LogP contribution in [-0.4, -0.2) is 19.6 Å². The molecule has 0 saturated heterocycles. The zero-order chi connectivity index (χ0) is 10.6. The van der Waals surface area contributed by atoms with Crippen molar-refractivity contribution in [2.24, 2.45) is 5.73 Å². The molecule has 76 valence electrons. The summed E-state index contributed by atoms with van der Waals surface area (Å²) in [5.74, 6) is 0.764. The first-order chi connectivity index (χ1) is 6.69. The van der Waals surface area contributed by atoms with E-state index in [1.165, 1.54) is 7.11 Å². The summed E-state index contributed by atoms with van der Waals surface area (Å²) in [6.45, 7) is 2.15. The predicted molar refractivity (Wildman–Crippen MR) is 52.9 cm³/mol. The summed E-state index contributed by atoms with van der Waals surface area (Å²) < 4.78 is 9.88. The molecule has 0 spiro atoms. The van der Waals surface area contributed by atoms with E-state index < -0.39 is 5.97 Å². The van der Waals surface area contributed by atoms with Crippen LogP contribution >= 0.6 is 0 Å². The maximum absolute atomic E-state index is 11.2. The van der Waals surface area contributed by atoms with Gasteiger partial charge in [-0.1, -0.05) is 6.08 Å². The molecule has 1 aromatic rings. The van der Waals surface area contributed by atoms with Crippen molar-refractivity contribution in [3.05, 3.63) is 29.2 Å². The van der Waals surface area contributed by atoms with Gasteiger partial charge in [0.05, 0.1) is 7.11 Å². The Hall–Kier alpha value is -1.55. The van der Waals surface area contributed by atoms with E-state index in [0.29, 0.717) is 23.6 Å². The maximum atomic E-state index is 11.2. The molecule has 4 heteroatoms. The largest absolute Gasteiger partial charge is 0.465 e. The van der Waals surface area contributed by atoms with Crippen LogP contribution in [0.5, 0.6) is 0 Å². The van der Waals surface area contributed by atoms with Crippen molar-refractivity contribution < 1.29 is 13.9 Å². The minimum Gasteiger partial charge on any atom is -0.465 e. The number of hydrogen-bond donors (Lipinski definition) is 1. The van der Waals surface area contributed by atoms with E-state index in [1.807, 2.05) is 0 Å². The standard InChI is InChI=1S/C10H13NO3/c1-7-9(10(12)13-2)6-8(14-7)4-3-5-11/h3-4,6H,5,11H2,1-2H3/b4-3+. The molecule has 1 rings (SSSR count). The number of ether oxygens (including phenoxy) is 1. The lowest BCUT2D eigenvalue weighted by atomic mass is 10.2. The smallest absolute Gasteiger partial charge is 0.341 e. The molecule has 0 fully saturated rings. The van der Waals surface area contributed by atoms with Gasteiger partial charge in [-0.2, -0.15) is 0 Å². The molecular formula is C10H13NO3. The van der Waals surface area contributed by atoms with Crippen LogP contribution in [0.3, 0.4) is 0 Å². The monoisotopic (exact) mass is 195 g/mol. The van der Waals surface area contributed by atoms with Crippen LogP contribution in [0.2, 0.25) is 0 Å². The first kappa shape index (κ1) is 10.5. The number of nitrogens with two attached hydrogens (primary N) is 1. The van der Waals surface area contributed by atoms with Gasteiger partial charge in [0.25, 0.3) is 0 Å². The Balaban J connectivity index is 2.93. The second kappa shape index (κ2) is 4.62. The van der Waals surface area contributed by atoms with Gasteiger partial charge in [0.15, 0.2) is 0 Å². The molecule has 4 nitrogen and oxygen atoms in total. The zero-order valence-corrected chi connectivity index (χ0v) is 8.24. The second-order valence-corrected chi connectivity index (χ2v) is 2.75. The quantitative estimate of drug-likeness (QED) is 0.739. The minimum absolute atomic E-state index is 0.390. The summed E-state index contributed by atoms with van der Waals surface area (Å²) in [5, 5.41) is 0. The summed E-state index contributed by atoms with van der Waals surface area (Å²) in [6, 6.07) is 1.63. The van der Waals surface area contributed by atoms with Crippen molar-refractivity contribution in [3.8, 4) is 0 Å². The molecule has 0 unspecified atom stereocenters. The van der Waals surface area contributed by atoms with Crippen molar-refractivity contribution in [1.82, 2.24) is 0 Å². The van der Waals surface area contributed by atoms with E-state index in [0.717, 1.165) is 0 Å². The molecule has 0 saturated carbocycles. The Morgan fingerprint density at radius 1 is 1.71 bits per heavy atom. The number of carbonyl (C=O) groups is 1. The molecule has 14 heavy (non-hydrogen) atoms. The highest BCUT2D eigenvalue weighted by Gasteiger charge is 2.13. The maximum Gasteiger partial charge on any atom is 0.341 e. The van der Waals surface area contributed by atoms with E-state index in [2.05, 4.69) is 4.74 Å². The van der Waals surface area contributed by atoms with Gasteiger partial charge in [-0.25, -0.2) is 4.79 Å². The van der Waals surface area contributed by atoms with Crippen LogP contribution < -0.4 is 5.73 Å². The fourth-order valence-corrected chi connectivity index (χ4v) is 1.08. The highest BCUT2D eigenvalue weighted by Crippen LogP contribution is 2.16. The molecular weight excluding hydrogens is 182 g/mol. The van der Waals surface area contributed by atoms with Crippen molar-refractivity contribution in [1.29, 1.82) is 0 Å². The van der Waals surface area contributed by atoms with Gasteiger partial charge < -0.3 is 14.9 Å². The number of furan rings is 1. The summed E-state index contributed by atoms with van der Waals surface area (Å²) in [7, 11) is 1.34. The van der Waals surface area contributed by atoms with Crippen LogP contribution in [0.15, 0.2) is 16.6 Å². The topological polar surface area (TPSA) is 65.5 Å². The van der Waals surface area contributed by atoms with Gasteiger partial charge in [-0.05, 0) is 19.1 Å². The highest BCUT2D eigenvalue weighted by molar-refractivity contribution is 5.90. The lowest BCUT2D eigenvalue weighted by molar-refractivity contribution is 0.0599. The molecule has 2 N–H and O–H groups in total. The van der Waals surface area contributed by atoms with Crippen molar-refractivity contribution >= 4 is 12.0 Å². The molecule has 0 atom stereocenters. The molecule has 0 aliphatic rings. The van der Waals surface area contributed by atoms with Crippen LogP contribution in [0, 0.1) is 6.92 Å². The molecule has 0 radical (unpaired) electrons. The van der Waals surface area contributed by atoms with Gasteiger partial charge in [0.2, 0.25) is 0 Å². The zero-order valence-electron chi connectivity index (χ0n) is 8.24. The van der Waals surface area contributed by atoms with Crippen molar-refractivity contribution in [3.63, 3.8) is 0 Å². The Labute approximate surface area is 82.3 Å². The van der Waals surface area contributed by atoms with E-state index in [9.17, 15) is 4.79 Å². The minimum atomic E-state index is -0.390. The molecule has 0 bridgehead atoms. The van der Waals surface area contributed by atoms with E-state index in [1.54, 1.807) is 25.1 Å². The Kier molecular flexibility index (Phi) is 3.48. The molecule has 0 aliphatic carbocycles. The number of esters is 1. The summed E-state index contributed by atoms with van der Waals surface area (Å²) in [4.78, 5) is 11.2. The van der Waals surface area contributed by atoms with E-state index >= 15 is 0 Å². The molecule has 1 heterocycles. The third kappa shape index (κ3) is 2.23. The number of methoxy groups -OCH3 is 1. The van der Waals surface area contributed by atoms with Gasteiger partial charge in [-0.3, -0.25) is 0 Å². The predicted octanol–water partition coefficient (Wildman–Crippen LogP) is 1.35. The highest BCUT2D eigenvalue weighted by atomic mass is 16.5. The summed E-state index contributed by atoms with van der Waals surface area (Å²) >= 11 is 0. The molecule has 0 amide bonds. The number of hydrogen-bond acceptors (Lipinski definition) is 4. The molecule has 1 aromatic heterocycles. The third-order valence-electron chi connectivity index (χ3n) is 1.76. The van der Waals surface area contributed by atoms with Crippen LogP contribution in [-0.2, 0) is 4.74 Å². The average molecular weight is 195 g/mol.